The Kier molecular flexibility index (Phi) is 16.9. The molecule has 0 saturated carbocycles. The standard InChI is InChI=1S/C26H47NO8Si/c1-23(28)27-24-7-9-25(10-8-24)34-21-19-32-17-15-30-13-11-29-12-14-31-16-18-33-20-22-35-36(5,6)26(2,3)4/h7-10H,11-22H2,1-6H3,(H,27,28). The second kappa shape index (κ2) is 18.7. The van der Waals surface area contributed by atoms with Gasteiger partial charge in [0.15, 0.2) is 8.32 Å². The maximum atomic E-state index is 11.0. The van der Waals surface area contributed by atoms with Crippen LogP contribution in [0.2, 0.25) is 18.1 Å². The van der Waals surface area contributed by atoms with Crippen LogP contribution in [0.4, 0.5) is 5.69 Å². The Morgan fingerprint density at radius 2 is 1.08 bits per heavy atom. The topological polar surface area (TPSA) is 93.7 Å². The van der Waals surface area contributed by atoms with Crippen molar-refractivity contribution in [1.29, 1.82) is 0 Å². The van der Waals surface area contributed by atoms with E-state index in [4.69, 9.17) is 32.8 Å². The Hall–Kier alpha value is -1.53. The zero-order valence-corrected chi connectivity index (χ0v) is 24.1. The highest BCUT2D eigenvalue weighted by atomic mass is 28.4. The first kappa shape index (κ1) is 32.5. The highest BCUT2D eigenvalue weighted by Gasteiger charge is 2.36. The number of hydrogen-bond donors (Lipinski definition) is 1. The van der Waals surface area contributed by atoms with Crippen molar-refractivity contribution >= 4 is 19.9 Å². The smallest absolute Gasteiger partial charge is 0.221 e. The molecule has 0 atom stereocenters. The molecule has 0 aliphatic carbocycles. The lowest BCUT2D eigenvalue weighted by molar-refractivity contribution is -0.114. The van der Waals surface area contributed by atoms with E-state index in [0.29, 0.717) is 79.3 Å². The monoisotopic (exact) mass is 529 g/mol. The van der Waals surface area contributed by atoms with Crippen LogP contribution in [0.5, 0.6) is 5.75 Å². The van der Waals surface area contributed by atoms with Crippen LogP contribution in [-0.4, -0.2) is 93.5 Å². The van der Waals surface area contributed by atoms with Gasteiger partial charge < -0.3 is 38.2 Å². The second-order valence-corrected chi connectivity index (χ2v) is 14.5. The Labute approximate surface area is 218 Å². The number of amides is 1. The van der Waals surface area contributed by atoms with Gasteiger partial charge in [0.2, 0.25) is 5.91 Å². The fraction of sp³-hybridized carbons (Fsp3) is 0.731. The largest absolute Gasteiger partial charge is 0.491 e. The lowest BCUT2D eigenvalue weighted by atomic mass is 10.2. The number of carbonyl (C=O) groups is 1. The van der Waals surface area contributed by atoms with E-state index in [1.165, 1.54) is 6.92 Å². The maximum Gasteiger partial charge on any atom is 0.221 e. The highest BCUT2D eigenvalue weighted by molar-refractivity contribution is 6.74. The van der Waals surface area contributed by atoms with Gasteiger partial charge in [-0.05, 0) is 42.4 Å². The molecular formula is C26H47NO8Si. The fourth-order valence-corrected chi connectivity index (χ4v) is 3.64. The molecule has 1 rings (SSSR count). The van der Waals surface area contributed by atoms with Gasteiger partial charge in [-0.3, -0.25) is 4.79 Å². The van der Waals surface area contributed by atoms with Gasteiger partial charge in [0.05, 0.1) is 72.7 Å². The first-order chi connectivity index (χ1) is 17.1. The van der Waals surface area contributed by atoms with Crippen LogP contribution < -0.4 is 10.1 Å². The van der Waals surface area contributed by atoms with Crippen molar-refractivity contribution in [3.8, 4) is 5.75 Å². The molecular weight excluding hydrogens is 482 g/mol. The number of nitrogens with one attached hydrogen (secondary N) is 1. The molecule has 9 nitrogen and oxygen atoms in total. The van der Waals surface area contributed by atoms with Crippen molar-refractivity contribution in [3.63, 3.8) is 0 Å². The summed E-state index contributed by atoms with van der Waals surface area (Å²) in [6.07, 6.45) is 0. The van der Waals surface area contributed by atoms with Gasteiger partial charge in [-0.1, -0.05) is 20.8 Å². The second-order valence-electron chi connectivity index (χ2n) is 9.72. The molecule has 208 valence electrons. The van der Waals surface area contributed by atoms with E-state index in [0.717, 1.165) is 11.4 Å². The first-order valence-corrected chi connectivity index (χ1v) is 15.6. The summed E-state index contributed by atoms with van der Waals surface area (Å²) in [5, 5.41) is 2.93. The summed E-state index contributed by atoms with van der Waals surface area (Å²) in [7, 11) is -1.69. The van der Waals surface area contributed by atoms with E-state index in [-0.39, 0.29) is 10.9 Å². The van der Waals surface area contributed by atoms with Crippen LogP contribution >= 0.6 is 0 Å². The third-order valence-electron chi connectivity index (χ3n) is 5.66. The maximum absolute atomic E-state index is 11.0. The molecule has 1 amide bonds. The lowest BCUT2D eigenvalue weighted by Crippen LogP contribution is -2.41. The van der Waals surface area contributed by atoms with Gasteiger partial charge in [-0.25, -0.2) is 0 Å². The zero-order valence-electron chi connectivity index (χ0n) is 23.1. The van der Waals surface area contributed by atoms with Crippen LogP contribution in [-0.2, 0) is 32.9 Å². The molecule has 0 bridgehead atoms. The molecule has 0 aliphatic heterocycles. The number of carbonyl (C=O) groups excluding carboxylic acids is 1. The van der Waals surface area contributed by atoms with Crippen LogP contribution in [0.3, 0.4) is 0 Å². The van der Waals surface area contributed by atoms with Crippen molar-refractivity contribution in [3.05, 3.63) is 24.3 Å². The average molecular weight is 530 g/mol. The summed E-state index contributed by atoms with van der Waals surface area (Å²) in [6.45, 7) is 19.0. The number of rotatable bonds is 21. The summed E-state index contributed by atoms with van der Waals surface area (Å²) in [5.74, 6) is 0.625. The van der Waals surface area contributed by atoms with Crippen LogP contribution in [0.25, 0.3) is 0 Å². The van der Waals surface area contributed by atoms with Gasteiger partial charge in [-0.15, -0.1) is 0 Å². The molecule has 0 fully saturated rings. The molecule has 10 heteroatoms. The van der Waals surface area contributed by atoms with E-state index in [1.54, 1.807) is 24.3 Å². The lowest BCUT2D eigenvalue weighted by Gasteiger charge is -2.36. The van der Waals surface area contributed by atoms with Gasteiger partial charge in [0, 0.05) is 12.6 Å². The van der Waals surface area contributed by atoms with E-state index >= 15 is 0 Å². The van der Waals surface area contributed by atoms with Crippen molar-refractivity contribution < 1.29 is 37.6 Å². The molecule has 1 aromatic rings. The summed E-state index contributed by atoms with van der Waals surface area (Å²) in [4.78, 5) is 11.0. The fourth-order valence-electron chi connectivity index (χ4n) is 2.61. The Bertz CT molecular complexity index is 694. The van der Waals surface area contributed by atoms with Crippen molar-refractivity contribution in [1.82, 2.24) is 0 Å². The molecule has 36 heavy (non-hydrogen) atoms. The Balaban J connectivity index is 1.80. The molecule has 0 unspecified atom stereocenters. The van der Waals surface area contributed by atoms with Crippen molar-refractivity contribution in [2.75, 3.05) is 84.6 Å². The first-order valence-electron chi connectivity index (χ1n) is 12.6. The predicted molar refractivity (Wildman–Crippen MR) is 143 cm³/mol. The third-order valence-corrected chi connectivity index (χ3v) is 10.2. The van der Waals surface area contributed by atoms with E-state index < -0.39 is 8.32 Å². The van der Waals surface area contributed by atoms with E-state index in [2.05, 4.69) is 39.2 Å². The molecule has 0 spiro atoms. The van der Waals surface area contributed by atoms with Crippen LogP contribution in [0.1, 0.15) is 27.7 Å². The molecule has 0 saturated heterocycles. The molecule has 1 N–H and O–H groups in total. The Morgan fingerprint density at radius 3 is 1.47 bits per heavy atom. The third kappa shape index (κ3) is 16.3. The van der Waals surface area contributed by atoms with E-state index in [9.17, 15) is 4.79 Å². The summed E-state index contributed by atoms with van der Waals surface area (Å²) in [6, 6.07) is 7.20. The zero-order chi connectivity index (χ0) is 26.7. The summed E-state index contributed by atoms with van der Waals surface area (Å²) < 4.78 is 39.2. The average Bonchev–Trinajstić information content (AvgIpc) is 2.80. The van der Waals surface area contributed by atoms with Crippen LogP contribution in [0, 0.1) is 0 Å². The molecule has 0 aromatic heterocycles. The van der Waals surface area contributed by atoms with Gasteiger partial charge in [0.25, 0.3) is 0 Å². The molecule has 0 radical (unpaired) electrons. The normalized spacial score (nSPS) is 12.1. The van der Waals surface area contributed by atoms with Crippen LogP contribution in [0.15, 0.2) is 24.3 Å². The molecule has 0 heterocycles. The number of benzene rings is 1. The highest BCUT2D eigenvalue weighted by Crippen LogP contribution is 2.36. The minimum Gasteiger partial charge on any atom is -0.491 e. The predicted octanol–water partition coefficient (Wildman–Crippen LogP) is 4.13. The quantitative estimate of drug-likeness (QED) is 0.188. The SMILES string of the molecule is CC(=O)Nc1ccc(OCCOCCOCCOCCOCCOCCO[Si](C)(C)C(C)(C)C)cc1. The summed E-state index contributed by atoms with van der Waals surface area (Å²) in [5.41, 5.74) is 0.739. The van der Waals surface area contributed by atoms with Crippen molar-refractivity contribution in [2.24, 2.45) is 0 Å². The van der Waals surface area contributed by atoms with Gasteiger partial charge >= 0.3 is 0 Å². The van der Waals surface area contributed by atoms with E-state index in [1.807, 2.05) is 0 Å². The van der Waals surface area contributed by atoms with Gasteiger partial charge in [0.1, 0.15) is 12.4 Å². The number of hydrogen-bond acceptors (Lipinski definition) is 8. The number of ether oxygens (including phenoxy) is 6. The number of anilines is 1. The summed E-state index contributed by atoms with van der Waals surface area (Å²) >= 11 is 0. The molecule has 1 aromatic carbocycles. The minimum atomic E-state index is -1.69. The Morgan fingerprint density at radius 1 is 0.694 bits per heavy atom. The molecule has 0 aliphatic rings. The minimum absolute atomic E-state index is 0.101. The van der Waals surface area contributed by atoms with Gasteiger partial charge in [-0.2, -0.15) is 0 Å². The van der Waals surface area contributed by atoms with Crippen molar-refractivity contribution in [2.45, 2.75) is 45.8 Å².